The van der Waals surface area contributed by atoms with Crippen molar-refractivity contribution in [2.75, 3.05) is 6.61 Å². The van der Waals surface area contributed by atoms with Gasteiger partial charge < -0.3 is 24.5 Å². The van der Waals surface area contributed by atoms with Crippen LogP contribution in [0.4, 0.5) is 22.0 Å². The fourth-order valence-corrected chi connectivity index (χ4v) is 4.71. The number of aromatic nitrogens is 3. The van der Waals surface area contributed by atoms with Gasteiger partial charge in [0.25, 0.3) is 0 Å². The zero-order chi connectivity index (χ0) is 26.3. The van der Waals surface area contributed by atoms with Crippen LogP contribution in [0.2, 0.25) is 0 Å². The Bertz CT molecular complexity index is 1200. The largest absolute Gasteiger partial charge is 0.492 e. The number of aliphatic hydroxyl groups is 1. The number of benzene rings is 1. The average molecular weight is 514 g/mol. The van der Waals surface area contributed by atoms with Crippen LogP contribution in [0.5, 0.6) is 11.6 Å². The van der Waals surface area contributed by atoms with E-state index >= 15 is 0 Å². The van der Waals surface area contributed by atoms with Gasteiger partial charge in [-0.2, -0.15) is 22.0 Å². The minimum atomic E-state index is -4.60. The summed E-state index contributed by atoms with van der Waals surface area (Å²) < 4.78 is 77.8. The molecule has 0 saturated carbocycles. The number of pyridine rings is 1. The molecule has 0 aliphatic carbocycles. The van der Waals surface area contributed by atoms with Crippen LogP contribution in [-0.4, -0.2) is 44.9 Å². The Hall–Kier alpha value is -2.99. The van der Waals surface area contributed by atoms with Crippen LogP contribution in [0, 0.1) is 0 Å². The summed E-state index contributed by atoms with van der Waals surface area (Å²) in [5.41, 5.74) is -1.59. The minimum Gasteiger partial charge on any atom is -0.492 e. The molecule has 3 atom stereocenters. The molecule has 1 aliphatic rings. The molecule has 1 saturated heterocycles. The number of halogens is 5. The summed E-state index contributed by atoms with van der Waals surface area (Å²) in [5, 5.41) is 14.6. The van der Waals surface area contributed by atoms with Gasteiger partial charge in [-0.05, 0) is 45.7 Å². The van der Waals surface area contributed by atoms with Crippen LogP contribution in [0.3, 0.4) is 0 Å². The molecule has 2 N–H and O–H groups in total. The number of ether oxygens (including phenoxy) is 2. The van der Waals surface area contributed by atoms with Crippen LogP contribution in [0.15, 0.2) is 36.8 Å². The monoisotopic (exact) mass is 514 g/mol. The van der Waals surface area contributed by atoms with E-state index in [1.807, 2.05) is 6.92 Å². The minimum absolute atomic E-state index is 0.00425. The quantitative estimate of drug-likeness (QED) is 0.430. The molecule has 7 nitrogen and oxygen atoms in total. The molecule has 4 rings (SSSR count). The predicted octanol–water partition coefficient (Wildman–Crippen LogP) is 5.04. The molecule has 36 heavy (non-hydrogen) atoms. The van der Waals surface area contributed by atoms with Crippen molar-refractivity contribution in [3.05, 3.63) is 47.9 Å². The summed E-state index contributed by atoms with van der Waals surface area (Å²) in [6.07, 6.45) is -1.45. The van der Waals surface area contributed by atoms with E-state index in [0.717, 1.165) is 6.07 Å². The smallest absolute Gasteiger partial charge is 0.418 e. The third-order valence-corrected chi connectivity index (χ3v) is 6.19. The van der Waals surface area contributed by atoms with Crippen LogP contribution < -0.4 is 14.8 Å². The maximum absolute atomic E-state index is 13.9. The van der Waals surface area contributed by atoms with Crippen LogP contribution in [0.1, 0.15) is 50.8 Å². The number of rotatable bonds is 7. The zero-order valence-corrected chi connectivity index (χ0v) is 19.9. The first-order valence-electron chi connectivity index (χ1n) is 11.5. The molecular formula is C24H27F5N4O3. The Morgan fingerprint density at radius 3 is 2.56 bits per heavy atom. The zero-order valence-electron chi connectivity index (χ0n) is 19.9. The van der Waals surface area contributed by atoms with Crippen molar-refractivity contribution in [2.24, 2.45) is 0 Å². The van der Waals surface area contributed by atoms with E-state index in [4.69, 9.17) is 4.74 Å². The van der Waals surface area contributed by atoms with E-state index in [-0.39, 0.29) is 47.8 Å². The summed E-state index contributed by atoms with van der Waals surface area (Å²) in [5.74, 6) is -0.252. The number of fused-ring (bicyclic) bond motifs is 1. The molecule has 1 aromatic carbocycles. The molecule has 1 aliphatic heterocycles. The first-order chi connectivity index (χ1) is 16.9. The van der Waals surface area contributed by atoms with Gasteiger partial charge in [-0.25, -0.2) is 9.97 Å². The van der Waals surface area contributed by atoms with Crippen LogP contribution in [0.25, 0.3) is 11.0 Å². The second-order valence-electron chi connectivity index (χ2n) is 9.36. The average Bonchev–Trinajstić information content (AvgIpc) is 3.20. The molecule has 0 spiro atoms. The topological polar surface area (TPSA) is 81.4 Å². The maximum Gasteiger partial charge on any atom is 0.418 e. The molecule has 196 valence electrons. The van der Waals surface area contributed by atoms with E-state index in [1.54, 1.807) is 13.8 Å². The number of alkyl halides is 5. The van der Waals surface area contributed by atoms with E-state index < -0.39 is 30.0 Å². The standard InChI is InChI=1S/C24H27F5N4O3/c1-13(2)33-12-31-19-7-17(6-18(21(19)33)24(27,28)29)35-11-16-9-23(34,8-14(3)32-16)15-4-5-20(30-10-15)36-22(25)26/h4-7,10,12-14,16,22,32,34H,8-9,11H2,1-3H3. The number of hydrogen-bond donors (Lipinski definition) is 2. The second kappa shape index (κ2) is 9.81. The highest BCUT2D eigenvalue weighted by Gasteiger charge is 2.40. The highest BCUT2D eigenvalue weighted by molar-refractivity contribution is 5.81. The van der Waals surface area contributed by atoms with Crippen molar-refractivity contribution >= 4 is 11.0 Å². The molecule has 2 aromatic heterocycles. The van der Waals surface area contributed by atoms with Gasteiger partial charge in [-0.3, -0.25) is 0 Å². The first-order valence-corrected chi connectivity index (χ1v) is 11.5. The van der Waals surface area contributed by atoms with Crippen molar-refractivity contribution < 1.29 is 36.5 Å². The molecule has 3 heterocycles. The Morgan fingerprint density at radius 2 is 1.94 bits per heavy atom. The molecule has 0 bridgehead atoms. The lowest BCUT2D eigenvalue weighted by Gasteiger charge is -2.41. The van der Waals surface area contributed by atoms with Crippen LogP contribution >= 0.6 is 0 Å². The number of nitrogens with one attached hydrogen (secondary N) is 1. The maximum atomic E-state index is 13.9. The Balaban J connectivity index is 1.53. The Labute approximate surface area is 204 Å². The van der Waals surface area contributed by atoms with Crippen molar-refractivity contribution in [2.45, 2.75) is 70.1 Å². The molecule has 0 amide bonds. The van der Waals surface area contributed by atoms with Gasteiger partial charge in [0.05, 0.1) is 28.5 Å². The summed E-state index contributed by atoms with van der Waals surface area (Å²) in [6.45, 7) is 2.38. The number of hydrogen-bond acceptors (Lipinski definition) is 6. The first kappa shape index (κ1) is 26.1. The highest BCUT2D eigenvalue weighted by Crippen LogP contribution is 2.39. The summed E-state index contributed by atoms with van der Waals surface area (Å²) in [6, 6.07) is 4.37. The third kappa shape index (κ3) is 5.54. The van der Waals surface area contributed by atoms with E-state index in [2.05, 4.69) is 20.0 Å². The molecule has 0 radical (unpaired) electrons. The molecule has 3 unspecified atom stereocenters. The van der Waals surface area contributed by atoms with Crippen molar-refractivity contribution in [3.63, 3.8) is 0 Å². The van der Waals surface area contributed by atoms with E-state index in [9.17, 15) is 27.1 Å². The molecule has 12 heteroatoms. The molecule has 1 fully saturated rings. The van der Waals surface area contributed by atoms with Gasteiger partial charge in [0.15, 0.2) is 0 Å². The molecular weight excluding hydrogens is 487 g/mol. The highest BCUT2D eigenvalue weighted by atomic mass is 19.4. The fourth-order valence-electron chi connectivity index (χ4n) is 4.71. The van der Waals surface area contributed by atoms with Gasteiger partial charge >= 0.3 is 12.8 Å². The lowest BCUT2D eigenvalue weighted by atomic mass is 9.80. The second-order valence-corrected chi connectivity index (χ2v) is 9.36. The fraction of sp³-hybridized carbons (Fsp3) is 0.500. The van der Waals surface area contributed by atoms with Gasteiger partial charge in [0.1, 0.15) is 12.4 Å². The SMILES string of the molecule is CC1CC(O)(c2ccc(OC(F)F)nc2)CC(COc2cc(C(F)(F)F)c3c(c2)ncn3C(C)C)N1. The Kier molecular flexibility index (Phi) is 7.11. The summed E-state index contributed by atoms with van der Waals surface area (Å²) in [7, 11) is 0. The van der Waals surface area contributed by atoms with Crippen molar-refractivity contribution in [1.29, 1.82) is 0 Å². The lowest BCUT2D eigenvalue weighted by molar-refractivity contribution is -0.136. The summed E-state index contributed by atoms with van der Waals surface area (Å²) in [4.78, 5) is 7.96. The van der Waals surface area contributed by atoms with Crippen LogP contribution in [-0.2, 0) is 11.8 Å². The van der Waals surface area contributed by atoms with Gasteiger partial charge in [0.2, 0.25) is 5.88 Å². The van der Waals surface area contributed by atoms with Gasteiger partial charge in [-0.1, -0.05) is 0 Å². The van der Waals surface area contributed by atoms with Crippen molar-refractivity contribution in [1.82, 2.24) is 19.9 Å². The number of imidazole rings is 1. The summed E-state index contributed by atoms with van der Waals surface area (Å²) >= 11 is 0. The lowest BCUT2D eigenvalue weighted by Crippen LogP contribution is -2.53. The number of nitrogens with zero attached hydrogens (tertiary/aromatic N) is 3. The normalized spacial score (nSPS) is 23.0. The van der Waals surface area contributed by atoms with Crippen molar-refractivity contribution in [3.8, 4) is 11.6 Å². The van der Waals surface area contributed by atoms with Gasteiger partial charge in [0, 0.05) is 42.0 Å². The third-order valence-electron chi connectivity index (χ3n) is 6.19. The van der Waals surface area contributed by atoms with Gasteiger partial charge in [-0.15, -0.1) is 0 Å². The van der Waals surface area contributed by atoms with E-state index in [0.29, 0.717) is 12.0 Å². The van der Waals surface area contributed by atoms with E-state index in [1.165, 1.54) is 35.3 Å². The Morgan fingerprint density at radius 1 is 1.19 bits per heavy atom. The molecule has 3 aromatic rings. The number of piperidine rings is 1. The predicted molar refractivity (Wildman–Crippen MR) is 121 cm³/mol.